The molecule has 0 aliphatic heterocycles. The molecule has 1 amide bonds. The van der Waals surface area contributed by atoms with Crippen molar-refractivity contribution in [1.29, 1.82) is 5.26 Å². The van der Waals surface area contributed by atoms with Gasteiger partial charge in [0.2, 0.25) is 0 Å². The van der Waals surface area contributed by atoms with Crippen LogP contribution >= 0.6 is 0 Å². The van der Waals surface area contributed by atoms with E-state index < -0.39 is 5.91 Å². The van der Waals surface area contributed by atoms with Gasteiger partial charge >= 0.3 is 0 Å². The van der Waals surface area contributed by atoms with E-state index in [1.165, 1.54) is 24.5 Å². The SMILES string of the molecule is N#Cc1cccc(NC(=O)c2cnc(Nc3cccc(F)c3)cn2)c1. The van der Waals surface area contributed by atoms with Crippen molar-refractivity contribution in [3.63, 3.8) is 0 Å². The highest BCUT2D eigenvalue weighted by atomic mass is 19.1. The van der Waals surface area contributed by atoms with Crippen molar-refractivity contribution in [2.24, 2.45) is 0 Å². The van der Waals surface area contributed by atoms with Gasteiger partial charge in [-0.15, -0.1) is 0 Å². The van der Waals surface area contributed by atoms with E-state index in [2.05, 4.69) is 20.6 Å². The van der Waals surface area contributed by atoms with E-state index in [-0.39, 0.29) is 11.5 Å². The lowest BCUT2D eigenvalue weighted by Gasteiger charge is -2.07. The van der Waals surface area contributed by atoms with Crippen LogP contribution in [0.3, 0.4) is 0 Å². The van der Waals surface area contributed by atoms with Gasteiger partial charge in [0.25, 0.3) is 5.91 Å². The number of carbonyl (C=O) groups excluding carboxylic acids is 1. The molecule has 0 radical (unpaired) electrons. The van der Waals surface area contributed by atoms with Crippen LogP contribution in [0.5, 0.6) is 0 Å². The Morgan fingerprint density at radius 3 is 2.56 bits per heavy atom. The van der Waals surface area contributed by atoms with E-state index in [1.807, 2.05) is 6.07 Å². The molecule has 1 heterocycles. The highest BCUT2D eigenvalue weighted by Crippen LogP contribution is 2.15. The Morgan fingerprint density at radius 2 is 1.84 bits per heavy atom. The van der Waals surface area contributed by atoms with Crippen LogP contribution < -0.4 is 10.6 Å². The summed E-state index contributed by atoms with van der Waals surface area (Å²) in [6, 6.07) is 14.5. The molecule has 25 heavy (non-hydrogen) atoms. The van der Waals surface area contributed by atoms with Crippen molar-refractivity contribution in [1.82, 2.24) is 9.97 Å². The molecule has 1 aromatic heterocycles. The number of hydrogen-bond donors (Lipinski definition) is 2. The third-order valence-corrected chi connectivity index (χ3v) is 3.23. The van der Waals surface area contributed by atoms with Crippen LogP contribution in [0.2, 0.25) is 0 Å². The molecule has 0 saturated heterocycles. The Hall–Kier alpha value is -3.79. The fraction of sp³-hybridized carbons (Fsp3) is 0. The Balaban J connectivity index is 1.69. The Kier molecular flexibility index (Phi) is 4.62. The van der Waals surface area contributed by atoms with Crippen molar-refractivity contribution in [3.8, 4) is 6.07 Å². The summed E-state index contributed by atoms with van der Waals surface area (Å²) in [6.07, 6.45) is 2.69. The summed E-state index contributed by atoms with van der Waals surface area (Å²) in [6.45, 7) is 0. The van der Waals surface area contributed by atoms with E-state index in [0.717, 1.165) is 0 Å². The first-order valence-electron chi connectivity index (χ1n) is 7.30. The van der Waals surface area contributed by atoms with E-state index in [4.69, 9.17) is 5.26 Å². The molecule has 7 heteroatoms. The van der Waals surface area contributed by atoms with Crippen molar-refractivity contribution in [2.45, 2.75) is 0 Å². The minimum atomic E-state index is -0.445. The second kappa shape index (κ2) is 7.19. The first-order valence-corrected chi connectivity index (χ1v) is 7.30. The Bertz CT molecular complexity index is 950. The number of rotatable bonds is 4. The summed E-state index contributed by atoms with van der Waals surface area (Å²) in [5, 5.41) is 14.4. The first-order chi connectivity index (χ1) is 12.1. The third kappa shape index (κ3) is 4.14. The number of anilines is 3. The van der Waals surface area contributed by atoms with Gasteiger partial charge in [-0.25, -0.2) is 14.4 Å². The number of nitriles is 1. The maximum Gasteiger partial charge on any atom is 0.275 e. The molecule has 0 spiro atoms. The summed E-state index contributed by atoms with van der Waals surface area (Å²) < 4.78 is 13.2. The second-order valence-corrected chi connectivity index (χ2v) is 5.07. The zero-order valence-electron chi connectivity index (χ0n) is 12.9. The summed E-state index contributed by atoms with van der Waals surface area (Å²) >= 11 is 0. The first kappa shape index (κ1) is 16.1. The molecule has 122 valence electrons. The molecule has 3 aromatic rings. The van der Waals surface area contributed by atoms with Crippen molar-refractivity contribution in [3.05, 3.63) is 78.0 Å². The summed E-state index contributed by atoms with van der Waals surface area (Å²) in [4.78, 5) is 20.3. The summed E-state index contributed by atoms with van der Waals surface area (Å²) in [5.41, 5.74) is 1.58. The van der Waals surface area contributed by atoms with Gasteiger partial charge in [-0.1, -0.05) is 12.1 Å². The average molecular weight is 333 g/mol. The van der Waals surface area contributed by atoms with Crippen LogP contribution in [0, 0.1) is 17.1 Å². The largest absolute Gasteiger partial charge is 0.339 e. The zero-order valence-corrected chi connectivity index (χ0v) is 12.9. The topological polar surface area (TPSA) is 90.7 Å². The second-order valence-electron chi connectivity index (χ2n) is 5.07. The molecule has 6 nitrogen and oxygen atoms in total. The number of halogens is 1. The molecule has 0 bridgehead atoms. The molecule has 0 aliphatic carbocycles. The lowest BCUT2D eigenvalue weighted by atomic mass is 10.2. The van der Waals surface area contributed by atoms with Crippen LogP contribution in [0.4, 0.5) is 21.6 Å². The predicted octanol–water partition coefficient (Wildman–Crippen LogP) is 3.48. The minimum Gasteiger partial charge on any atom is -0.339 e. The van der Waals surface area contributed by atoms with Gasteiger partial charge in [-0.2, -0.15) is 5.26 Å². The molecule has 2 N–H and O–H groups in total. The zero-order chi connectivity index (χ0) is 17.6. The smallest absolute Gasteiger partial charge is 0.275 e. The highest BCUT2D eigenvalue weighted by molar-refractivity contribution is 6.02. The average Bonchev–Trinajstić information content (AvgIpc) is 2.62. The monoisotopic (exact) mass is 333 g/mol. The van der Waals surface area contributed by atoms with Crippen LogP contribution in [0.15, 0.2) is 60.9 Å². The van der Waals surface area contributed by atoms with Gasteiger partial charge in [0.1, 0.15) is 17.3 Å². The van der Waals surface area contributed by atoms with Crippen molar-refractivity contribution >= 4 is 23.1 Å². The van der Waals surface area contributed by atoms with Crippen LogP contribution in [0.25, 0.3) is 0 Å². The number of aromatic nitrogens is 2. The van der Waals surface area contributed by atoms with Gasteiger partial charge in [0.05, 0.1) is 24.0 Å². The molecule has 0 fully saturated rings. The van der Waals surface area contributed by atoms with E-state index in [0.29, 0.717) is 22.8 Å². The maximum absolute atomic E-state index is 13.2. The third-order valence-electron chi connectivity index (χ3n) is 3.23. The predicted molar refractivity (Wildman–Crippen MR) is 90.8 cm³/mol. The van der Waals surface area contributed by atoms with Gasteiger partial charge < -0.3 is 10.6 Å². The molecule has 0 atom stereocenters. The van der Waals surface area contributed by atoms with Crippen LogP contribution in [-0.2, 0) is 0 Å². The van der Waals surface area contributed by atoms with Gasteiger partial charge in [0, 0.05) is 11.4 Å². The number of hydrogen-bond acceptors (Lipinski definition) is 5. The molecule has 0 aliphatic rings. The number of benzene rings is 2. The van der Waals surface area contributed by atoms with Gasteiger partial charge in [-0.3, -0.25) is 4.79 Å². The number of nitrogens with one attached hydrogen (secondary N) is 2. The van der Waals surface area contributed by atoms with Gasteiger partial charge in [-0.05, 0) is 36.4 Å². The Labute approximate surface area is 143 Å². The van der Waals surface area contributed by atoms with E-state index >= 15 is 0 Å². The lowest BCUT2D eigenvalue weighted by Crippen LogP contribution is -2.14. The van der Waals surface area contributed by atoms with E-state index in [9.17, 15) is 9.18 Å². The van der Waals surface area contributed by atoms with E-state index in [1.54, 1.807) is 36.4 Å². The normalized spacial score (nSPS) is 9.92. The molecular formula is C18H12FN5O. The maximum atomic E-state index is 13.2. The molecule has 3 rings (SSSR count). The summed E-state index contributed by atoms with van der Waals surface area (Å²) in [7, 11) is 0. The quantitative estimate of drug-likeness (QED) is 0.763. The molecule has 0 unspecified atom stereocenters. The lowest BCUT2D eigenvalue weighted by molar-refractivity contribution is 0.102. The standard InChI is InChI=1S/C18H12FN5O/c19-13-4-2-6-15(8-13)23-17-11-21-16(10-22-17)18(25)24-14-5-1-3-12(7-14)9-20/h1-8,10-11H,(H,22,23)(H,24,25). The molecular weight excluding hydrogens is 321 g/mol. The highest BCUT2D eigenvalue weighted by Gasteiger charge is 2.09. The molecule has 0 saturated carbocycles. The summed E-state index contributed by atoms with van der Waals surface area (Å²) in [5.74, 6) is -0.429. The Morgan fingerprint density at radius 1 is 1.04 bits per heavy atom. The van der Waals surface area contributed by atoms with Crippen LogP contribution in [0.1, 0.15) is 16.1 Å². The fourth-order valence-corrected chi connectivity index (χ4v) is 2.09. The van der Waals surface area contributed by atoms with Crippen LogP contribution in [-0.4, -0.2) is 15.9 Å². The van der Waals surface area contributed by atoms with Gasteiger partial charge in [0.15, 0.2) is 0 Å². The van der Waals surface area contributed by atoms with Crippen molar-refractivity contribution in [2.75, 3.05) is 10.6 Å². The molecule has 2 aromatic carbocycles. The number of nitrogens with zero attached hydrogens (tertiary/aromatic N) is 3. The number of amides is 1. The number of carbonyl (C=O) groups is 1. The van der Waals surface area contributed by atoms with Crippen molar-refractivity contribution < 1.29 is 9.18 Å². The minimum absolute atomic E-state index is 0.118. The fourth-order valence-electron chi connectivity index (χ4n) is 2.09.